The minimum atomic E-state index is -0.442. The van der Waals surface area contributed by atoms with E-state index in [4.69, 9.17) is 0 Å². The molecule has 1 aromatic heterocycles. The number of hydrogen-bond donors (Lipinski definition) is 3. The summed E-state index contributed by atoms with van der Waals surface area (Å²) in [5, 5.41) is 15.0. The van der Waals surface area contributed by atoms with Gasteiger partial charge in [-0.2, -0.15) is 0 Å². The molecule has 0 aliphatic heterocycles. The summed E-state index contributed by atoms with van der Waals surface area (Å²) >= 11 is 0. The zero-order chi connectivity index (χ0) is 16.9. The van der Waals surface area contributed by atoms with Gasteiger partial charge in [-0.15, -0.1) is 0 Å². The summed E-state index contributed by atoms with van der Waals surface area (Å²) < 4.78 is 12.9. The Morgan fingerprint density at radius 2 is 1.79 bits per heavy atom. The van der Waals surface area contributed by atoms with Gasteiger partial charge in [0.2, 0.25) is 0 Å². The normalized spacial score (nSPS) is 10.2. The van der Waals surface area contributed by atoms with Gasteiger partial charge in [-0.1, -0.05) is 6.07 Å². The van der Waals surface area contributed by atoms with E-state index >= 15 is 0 Å². The molecule has 3 rings (SSSR count). The van der Waals surface area contributed by atoms with E-state index in [0.29, 0.717) is 17.2 Å². The van der Waals surface area contributed by atoms with Gasteiger partial charge >= 0.3 is 0 Å². The summed E-state index contributed by atoms with van der Waals surface area (Å²) in [6.45, 7) is 0. The summed E-state index contributed by atoms with van der Waals surface area (Å²) in [7, 11) is 0. The SMILES string of the molecule is O=C(Nc1ccc(F)cc1)c1cc(Nc2cccc(O)c2)ncn1. The van der Waals surface area contributed by atoms with E-state index < -0.39 is 5.91 Å². The molecule has 0 bridgehead atoms. The van der Waals surface area contributed by atoms with Crippen molar-refractivity contribution in [2.75, 3.05) is 10.6 Å². The number of carbonyl (C=O) groups excluding carboxylic acids is 1. The minimum Gasteiger partial charge on any atom is -0.508 e. The van der Waals surface area contributed by atoms with E-state index in [9.17, 15) is 14.3 Å². The number of phenols is 1. The molecule has 0 unspecified atom stereocenters. The van der Waals surface area contributed by atoms with Crippen molar-refractivity contribution >= 4 is 23.1 Å². The highest BCUT2D eigenvalue weighted by molar-refractivity contribution is 6.03. The number of halogens is 1. The number of nitrogens with one attached hydrogen (secondary N) is 2. The lowest BCUT2D eigenvalue weighted by Gasteiger charge is -2.08. The van der Waals surface area contributed by atoms with Crippen molar-refractivity contribution in [2.24, 2.45) is 0 Å². The molecule has 0 spiro atoms. The first-order chi connectivity index (χ1) is 11.6. The van der Waals surface area contributed by atoms with Crippen LogP contribution >= 0.6 is 0 Å². The Balaban J connectivity index is 1.74. The van der Waals surface area contributed by atoms with Crippen LogP contribution in [-0.4, -0.2) is 21.0 Å². The lowest BCUT2D eigenvalue weighted by atomic mass is 10.3. The topological polar surface area (TPSA) is 87.1 Å². The first-order valence-electron chi connectivity index (χ1n) is 7.05. The number of amides is 1. The van der Waals surface area contributed by atoms with Gasteiger partial charge in [-0.25, -0.2) is 14.4 Å². The molecule has 0 radical (unpaired) electrons. The Hall–Kier alpha value is -3.48. The fourth-order valence-corrected chi connectivity index (χ4v) is 2.01. The van der Waals surface area contributed by atoms with Gasteiger partial charge in [0.05, 0.1) is 0 Å². The van der Waals surface area contributed by atoms with Gasteiger partial charge in [-0.3, -0.25) is 4.79 Å². The summed E-state index contributed by atoms with van der Waals surface area (Å²) in [5.74, 6) is -0.307. The number of anilines is 3. The van der Waals surface area contributed by atoms with Crippen LogP contribution in [0.25, 0.3) is 0 Å². The Morgan fingerprint density at radius 1 is 1.00 bits per heavy atom. The number of rotatable bonds is 4. The molecule has 0 fully saturated rings. The third-order valence-electron chi connectivity index (χ3n) is 3.12. The van der Waals surface area contributed by atoms with Crippen LogP contribution in [0.4, 0.5) is 21.6 Å². The van der Waals surface area contributed by atoms with E-state index in [1.807, 2.05) is 0 Å². The standard InChI is InChI=1S/C17H13FN4O2/c18-11-4-6-12(7-5-11)22-17(24)15-9-16(20-10-19-15)21-13-2-1-3-14(23)8-13/h1-10,23H,(H,22,24)(H,19,20,21). The molecule has 3 N–H and O–H groups in total. The van der Waals surface area contributed by atoms with Gasteiger partial charge in [0.25, 0.3) is 5.91 Å². The van der Waals surface area contributed by atoms with Crippen LogP contribution in [0.1, 0.15) is 10.5 Å². The van der Waals surface area contributed by atoms with E-state index in [0.717, 1.165) is 0 Å². The molecule has 0 aliphatic carbocycles. The van der Waals surface area contributed by atoms with Gasteiger partial charge in [0.15, 0.2) is 0 Å². The van der Waals surface area contributed by atoms with Gasteiger partial charge < -0.3 is 15.7 Å². The predicted molar refractivity (Wildman–Crippen MR) is 87.8 cm³/mol. The molecule has 7 heteroatoms. The van der Waals surface area contributed by atoms with Crippen LogP contribution in [0.3, 0.4) is 0 Å². The predicted octanol–water partition coefficient (Wildman–Crippen LogP) is 3.32. The smallest absolute Gasteiger partial charge is 0.274 e. The van der Waals surface area contributed by atoms with E-state index in [2.05, 4.69) is 20.6 Å². The average Bonchev–Trinajstić information content (AvgIpc) is 2.57. The first-order valence-corrected chi connectivity index (χ1v) is 7.05. The molecule has 2 aromatic carbocycles. The van der Waals surface area contributed by atoms with Gasteiger partial charge in [0, 0.05) is 23.5 Å². The number of hydrogen-bond acceptors (Lipinski definition) is 5. The number of nitrogens with zero attached hydrogens (tertiary/aromatic N) is 2. The van der Waals surface area contributed by atoms with E-state index in [-0.39, 0.29) is 17.3 Å². The number of phenolic OH excluding ortho intramolecular Hbond substituents is 1. The third-order valence-corrected chi connectivity index (χ3v) is 3.12. The molecule has 1 amide bonds. The second-order valence-electron chi connectivity index (χ2n) is 4.92. The maximum Gasteiger partial charge on any atom is 0.274 e. The molecule has 0 aliphatic rings. The number of benzene rings is 2. The molecule has 0 atom stereocenters. The number of carbonyl (C=O) groups is 1. The fraction of sp³-hybridized carbons (Fsp3) is 0. The van der Waals surface area contributed by atoms with Crippen molar-refractivity contribution in [2.45, 2.75) is 0 Å². The van der Waals surface area contributed by atoms with Crippen molar-refractivity contribution in [1.29, 1.82) is 0 Å². The molecule has 6 nitrogen and oxygen atoms in total. The van der Waals surface area contributed by atoms with Crippen molar-refractivity contribution in [3.63, 3.8) is 0 Å². The second kappa shape index (κ2) is 6.74. The second-order valence-corrected chi connectivity index (χ2v) is 4.92. The molecule has 0 saturated heterocycles. The van der Waals surface area contributed by atoms with Crippen LogP contribution in [0.2, 0.25) is 0 Å². The highest BCUT2D eigenvalue weighted by Crippen LogP contribution is 2.19. The average molecular weight is 324 g/mol. The largest absolute Gasteiger partial charge is 0.508 e. The Labute approximate surface area is 137 Å². The third kappa shape index (κ3) is 3.83. The highest BCUT2D eigenvalue weighted by Gasteiger charge is 2.09. The number of aromatic nitrogens is 2. The molecular formula is C17H13FN4O2. The van der Waals surface area contributed by atoms with Gasteiger partial charge in [-0.05, 0) is 36.4 Å². The summed E-state index contributed by atoms with van der Waals surface area (Å²) in [4.78, 5) is 20.2. The number of aromatic hydroxyl groups is 1. The molecular weight excluding hydrogens is 311 g/mol. The summed E-state index contributed by atoms with van der Waals surface area (Å²) in [6, 6.07) is 13.4. The zero-order valence-electron chi connectivity index (χ0n) is 12.4. The van der Waals surface area contributed by atoms with Crippen molar-refractivity contribution < 1.29 is 14.3 Å². The minimum absolute atomic E-state index is 0.114. The molecule has 120 valence electrons. The van der Waals surface area contributed by atoms with E-state index in [1.165, 1.54) is 42.7 Å². The molecule has 24 heavy (non-hydrogen) atoms. The Kier molecular flexibility index (Phi) is 4.33. The lowest BCUT2D eigenvalue weighted by Crippen LogP contribution is -2.14. The summed E-state index contributed by atoms with van der Waals surface area (Å²) in [6.07, 6.45) is 1.25. The van der Waals surface area contributed by atoms with Crippen molar-refractivity contribution in [1.82, 2.24) is 9.97 Å². The Bertz CT molecular complexity index is 868. The summed E-state index contributed by atoms with van der Waals surface area (Å²) in [5.41, 5.74) is 1.23. The zero-order valence-corrected chi connectivity index (χ0v) is 12.4. The van der Waals surface area contributed by atoms with Crippen molar-refractivity contribution in [3.05, 3.63) is 72.4 Å². The van der Waals surface area contributed by atoms with Crippen LogP contribution in [0.15, 0.2) is 60.9 Å². The maximum absolute atomic E-state index is 12.9. The Morgan fingerprint density at radius 3 is 2.54 bits per heavy atom. The lowest BCUT2D eigenvalue weighted by molar-refractivity contribution is 0.102. The quantitative estimate of drug-likeness (QED) is 0.685. The highest BCUT2D eigenvalue weighted by atomic mass is 19.1. The fourth-order valence-electron chi connectivity index (χ4n) is 2.01. The van der Waals surface area contributed by atoms with Crippen LogP contribution < -0.4 is 10.6 Å². The maximum atomic E-state index is 12.9. The van der Waals surface area contributed by atoms with E-state index in [1.54, 1.807) is 18.2 Å². The van der Waals surface area contributed by atoms with Crippen LogP contribution in [0, 0.1) is 5.82 Å². The first kappa shape index (κ1) is 15.4. The molecule has 0 saturated carbocycles. The molecule has 1 heterocycles. The van der Waals surface area contributed by atoms with Crippen LogP contribution in [0.5, 0.6) is 5.75 Å². The monoisotopic (exact) mass is 324 g/mol. The van der Waals surface area contributed by atoms with Crippen LogP contribution in [-0.2, 0) is 0 Å². The molecule has 3 aromatic rings. The van der Waals surface area contributed by atoms with Gasteiger partial charge in [0.1, 0.15) is 29.4 Å². The van der Waals surface area contributed by atoms with Crippen molar-refractivity contribution in [3.8, 4) is 5.75 Å².